The number of amides is 1. The molecular formula is C27H36N2O6. The van der Waals surface area contributed by atoms with Gasteiger partial charge in [0.1, 0.15) is 11.1 Å². The maximum Gasteiger partial charge on any atom is 0.331 e. The zero-order chi connectivity index (χ0) is 25.2. The van der Waals surface area contributed by atoms with Crippen molar-refractivity contribution >= 4 is 22.8 Å². The van der Waals surface area contributed by atoms with Crippen LogP contribution in [0.3, 0.4) is 0 Å². The van der Waals surface area contributed by atoms with Gasteiger partial charge in [-0.25, -0.2) is 4.79 Å². The van der Waals surface area contributed by atoms with Crippen LogP contribution in [0.1, 0.15) is 75.6 Å². The molecule has 8 nitrogen and oxygen atoms in total. The van der Waals surface area contributed by atoms with Gasteiger partial charge in [0.25, 0.3) is 11.5 Å². The summed E-state index contributed by atoms with van der Waals surface area (Å²) in [5.41, 5.74) is -0.930. The monoisotopic (exact) mass is 484 g/mol. The van der Waals surface area contributed by atoms with Crippen molar-refractivity contribution in [1.29, 1.82) is 0 Å². The molecule has 1 amide bonds. The first-order valence-electron chi connectivity index (χ1n) is 12.5. The summed E-state index contributed by atoms with van der Waals surface area (Å²) in [6.07, 6.45) is 6.19. The Hall–Kier alpha value is -3.03. The Bertz CT molecular complexity index is 1170. The van der Waals surface area contributed by atoms with Crippen LogP contribution in [0.25, 0.3) is 10.9 Å². The Labute approximate surface area is 205 Å². The minimum absolute atomic E-state index is 0.0122. The predicted octanol–water partition coefficient (Wildman–Crippen LogP) is 4.20. The van der Waals surface area contributed by atoms with Gasteiger partial charge in [-0.3, -0.25) is 9.59 Å². The lowest BCUT2D eigenvalue weighted by Crippen LogP contribution is -2.55. The minimum atomic E-state index is -1.12. The van der Waals surface area contributed by atoms with E-state index in [1.54, 1.807) is 23.8 Å². The molecule has 0 saturated heterocycles. The molecule has 2 heterocycles. The van der Waals surface area contributed by atoms with Crippen molar-refractivity contribution in [2.24, 2.45) is 5.41 Å². The molecule has 8 heteroatoms. The van der Waals surface area contributed by atoms with Gasteiger partial charge in [0, 0.05) is 11.9 Å². The molecule has 4 rings (SSSR count). The fraction of sp³-hybridized carbons (Fsp3) is 0.593. The molecule has 0 spiro atoms. The number of methoxy groups -OCH3 is 2. The summed E-state index contributed by atoms with van der Waals surface area (Å²) >= 11 is 0. The number of nitrogens with one attached hydrogen (secondary N) is 1. The molecule has 0 radical (unpaired) electrons. The first-order chi connectivity index (χ1) is 16.7. The second kappa shape index (κ2) is 9.91. The van der Waals surface area contributed by atoms with Gasteiger partial charge in [0.15, 0.2) is 11.5 Å². The second-order valence-corrected chi connectivity index (χ2v) is 10.5. The van der Waals surface area contributed by atoms with E-state index < -0.39 is 23.0 Å². The van der Waals surface area contributed by atoms with Crippen LogP contribution >= 0.6 is 0 Å². The van der Waals surface area contributed by atoms with Gasteiger partial charge in [-0.15, -0.1) is 0 Å². The van der Waals surface area contributed by atoms with Gasteiger partial charge < -0.3 is 24.1 Å². The molecule has 1 aromatic heterocycles. The number of hydrogen-bond donors (Lipinski definition) is 1. The average molecular weight is 485 g/mol. The molecule has 190 valence electrons. The van der Waals surface area contributed by atoms with Gasteiger partial charge in [0.05, 0.1) is 26.3 Å². The van der Waals surface area contributed by atoms with Gasteiger partial charge >= 0.3 is 5.97 Å². The van der Waals surface area contributed by atoms with E-state index in [1.807, 2.05) is 6.07 Å². The zero-order valence-corrected chi connectivity index (χ0v) is 21.2. The van der Waals surface area contributed by atoms with E-state index >= 15 is 0 Å². The van der Waals surface area contributed by atoms with Crippen LogP contribution in [-0.4, -0.2) is 42.8 Å². The third kappa shape index (κ3) is 4.88. The van der Waals surface area contributed by atoms with Crippen LogP contribution in [0.5, 0.6) is 11.5 Å². The summed E-state index contributed by atoms with van der Waals surface area (Å²) in [6.45, 7) is 5.23. The number of esters is 1. The topological polar surface area (TPSA) is 95.9 Å². The standard InChI is InChI=1S/C27H36N2O6/c1-26(2)13-15-29-21-18(9-10-20(33-3)22(21)35-16-14-26)17-19(24(29)31)23(30)28-27(25(32)34-4)11-7-5-6-8-12-27/h9-10,17H,5-8,11-16H2,1-4H3,(H,28,30). The smallest absolute Gasteiger partial charge is 0.331 e. The molecule has 1 fully saturated rings. The van der Waals surface area contributed by atoms with E-state index in [0.29, 0.717) is 48.4 Å². The lowest BCUT2D eigenvalue weighted by molar-refractivity contribution is -0.148. The Balaban J connectivity index is 1.83. The maximum atomic E-state index is 13.8. The van der Waals surface area contributed by atoms with Crippen molar-refractivity contribution in [3.63, 3.8) is 0 Å². The summed E-state index contributed by atoms with van der Waals surface area (Å²) < 4.78 is 18.4. The van der Waals surface area contributed by atoms with Crippen molar-refractivity contribution in [3.05, 3.63) is 34.1 Å². The van der Waals surface area contributed by atoms with Gasteiger partial charge in [-0.1, -0.05) is 39.5 Å². The molecular weight excluding hydrogens is 448 g/mol. The largest absolute Gasteiger partial charge is 0.493 e. The minimum Gasteiger partial charge on any atom is -0.493 e. The number of pyridine rings is 1. The molecule has 0 atom stereocenters. The molecule has 2 aromatic rings. The molecule has 1 aliphatic heterocycles. The summed E-state index contributed by atoms with van der Waals surface area (Å²) in [5.74, 6) is 0.0551. The highest BCUT2D eigenvalue weighted by Crippen LogP contribution is 2.38. The number of hydrogen-bond acceptors (Lipinski definition) is 6. The van der Waals surface area contributed by atoms with Gasteiger partial charge in [-0.05, 0) is 49.3 Å². The predicted molar refractivity (Wildman–Crippen MR) is 133 cm³/mol. The zero-order valence-electron chi connectivity index (χ0n) is 21.2. The molecule has 2 aliphatic rings. The highest BCUT2D eigenvalue weighted by atomic mass is 16.5. The van der Waals surface area contributed by atoms with E-state index in [9.17, 15) is 14.4 Å². The molecule has 35 heavy (non-hydrogen) atoms. The Morgan fingerprint density at radius 1 is 1.03 bits per heavy atom. The number of rotatable bonds is 4. The first-order valence-corrected chi connectivity index (χ1v) is 12.5. The first kappa shape index (κ1) is 25.1. The van der Waals surface area contributed by atoms with Crippen molar-refractivity contribution in [1.82, 2.24) is 9.88 Å². The van der Waals surface area contributed by atoms with Crippen LogP contribution in [0, 0.1) is 5.41 Å². The summed E-state index contributed by atoms with van der Waals surface area (Å²) in [7, 11) is 2.91. The van der Waals surface area contributed by atoms with Crippen molar-refractivity contribution in [3.8, 4) is 11.5 Å². The SMILES string of the molecule is COC(=O)C1(NC(=O)c2cc3ccc(OC)c4c3n(c2=O)CCC(C)(C)CCO4)CCCCCC1. The normalized spacial score (nSPS) is 19.3. The molecule has 0 bridgehead atoms. The lowest BCUT2D eigenvalue weighted by Gasteiger charge is -2.31. The third-order valence-electron chi connectivity index (χ3n) is 7.56. The van der Waals surface area contributed by atoms with Gasteiger partial charge in [0.2, 0.25) is 0 Å². The van der Waals surface area contributed by atoms with E-state index in [-0.39, 0.29) is 11.0 Å². The fourth-order valence-corrected chi connectivity index (χ4v) is 5.26. The number of carbonyl (C=O) groups is 2. The Morgan fingerprint density at radius 3 is 2.40 bits per heavy atom. The highest BCUT2D eigenvalue weighted by molar-refractivity contribution is 6.01. The fourth-order valence-electron chi connectivity index (χ4n) is 5.26. The van der Waals surface area contributed by atoms with Gasteiger partial charge in [-0.2, -0.15) is 0 Å². The maximum absolute atomic E-state index is 13.8. The van der Waals surface area contributed by atoms with E-state index in [1.165, 1.54) is 7.11 Å². The second-order valence-electron chi connectivity index (χ2n) is 10.5. The average Bonchev–Trinajstić information content (AvgIpc) is 3.05. The van der Waals surface area contributed by atoms with Crippen molar-refractivity contribution in [2.45, 2.75) is 77.3 Å². The summed E-state index contributed by atoms with van der Waals surface area (Å²) in [4.78, 5) is 40.1. The summed E-state index contributed by atoms with van der Waals surface area (Å²) in [6, 6.07) is 5.22. The van der Waals surface area contributed by atoms with E-state index in [2.05, 4.69) is 19.2 Å². The van der Waals surface area contributed by atoms with Crippen LogP contribution in [0.15, 0.2) is 23.0 Å². The number of benzene rings is 1. The van der Waals surface area contributed by atoms with Crippen LogP contribution < -0.4 is 20.3 Å². The number of nitrogens with zero attached hydrogens (tertiary/aromatic N) is 1. The molecule has 1 aromatic carbocycles. The van der Waals surface area contributed by atoms with Crippen molar-refractivity contribution < 1.29 is 23.8 Å². The summed E-state index contributed by atoms with van der Waals surface area (Å²) in [5, 5.41) is 3.63. The van der Waals surface area contributed by atoms with E-state index in [4.69, 9.17) is 14.2 Å². The number of carbonyl (C=O) groups excluding carboxylic acids is 2. The van der Waals surface area contributed by atoms with E-state index in [0.717, 1.165) is 38.5 Å². The van der Waals surface area contributed by atoms with Crippen LogP contribution in [0.2, 0.25) is 0 Å². The molecule has 1 N–H and O–H groups in total. The highest BCUT2D eigenvalue weighted by Gasteiger charge is 2.42. The Kier molecular flexibility index (Phi) is 7.10. The third-order valence-corrected chi connectivity index (χ3v) is 7.56. The van der Waals surface area contributed by atoms with Crippen LogP contribution in [-0.2, 0) is 16.1 Å². The number of ether oxygens (including phenoxy) is 3. The molecule has 0 unspecified atom stereocenters. The quantitative estimate of drug-likeness (QED) is 0.516. The molecule has 1 aliphatic carbocycles. The lowest BCUT2D eigenvalue weighted by atomic mass is 9.86. The van der Waals surface area contributed by atoms with Crippen molar-refractivity contribution in [2.75, 3.05) is 20.8 Å². The number of aromatic nitrogens is 1. The number of aryl methyl sites for hydroxylation is 1. The Morgan fingerprint density at radius 2 is 1.74 bits per heavy atom. The molecule has 1 saturated carbocycles. The van der Waals surface area contributed by atoms with Crippen LogP contribution in [0.4, 0.5) is 0 Å².